The van der Waals surface area contributed by atoms with E-state index < -0.39 is 0 Å². The van der Waals surface area contributed by atoms with Crippen LogP contribution in [0.3, 0.4) is 0 Å². The summed E-state index contributed by atoms with van der Waals surface area (Å²) in [7, 11) is 0. The molecule has 0 radical (unpaired) electrons. The van der Waals surface area contributed by atoms with Gasteiger partial charge in [-0.15, -0.1) is 11.3 Å². The molecule has 0 fully saturated rings. The highest BCUT2D eigenvalue weighted by atomic mass is 32.2. The number of hydrogen-bond acceptors (Lipinski definition) is 8. The number of carbonyl (C=O) groups is 1. The van der Waals surface area contributed by atoms with Crippen LogP contribution in [0.4, 0.5) is 0 Å². The third kappa shape index (κ3) is 4.59. The maximum atomic E-state index is 13.0. The lowest BCUT2D eigenvalue weighted by atomic mass is 10.1. The number of nitrogen functional groups attached to an aromatic ring is 1. The molecule has 1 aliphatic rings. The molecular weight excluding hydrogens is 472 g/mol. The van der Waals surface area contributed by atoms with Crippen molar-refractivity contribution in [2.45, 2.75) is 11.6 Å². The second kappa shape index (κ2) is 9.78. The molecule has 4 aromatic rings. The first-order chi connectivity index (χ1) is 16.6. The second-order valence-electron chi connectivity index (χ2n) is 7.63. The molecule has 2 aromatic heterocycles. The van der Waals surface area contributed by atoms with Crippen LogP contribution in [0.25, 0.3) is 21.3 Å². The van der Waals surface area contributed by atoms with Crippen LogP contribution in [0.5, 0.6) is 11.5 Å². The van der Waals surface area contributed by atoms with Crippen LogP contribution in [0.15, 0.2) is 63.9 Å². The fourth-order valence-corrected chi connectivity index (χ4v) is 5.42. The molecule has 5 rings (SSSR count). The molecule has 0 bridgehead atoms. The summed E-state index contributed by atoms with van der Waals surface area (Å²) >= 11 is 2.53. The van der Waals surface area contributed by atoms with E-state index in [-0.39, 0.29) is 17.2 Å². The predicted molar refractivity (Wildman–Crippen MR) is 134 cm³/mol. The average Bonchev–Trinajstić information content (AvgIpc) is 3.30. The maximum absolute atomic E-state index is 13.0. The number of nitrogens with one attached hydrogen (secondary N) is 1. The van der Waals surface area contributed by atoms with E-state index in [1.807, 2.05) is 53.9 Å². The summed E-state index contributed by atoms with van der Waals surface area (Å²) in [6.07, 6.45) is 0.663. The van der Waals surface area contributed by atoms with E-state index >= 15 is 0 Å². The van der Waals surface area contributed by atoms with E-state index in [0.29, 0.717) is 41.6 Å². The Balaban J connectivity index is 1.20. The van der Waals surface area contributed by atoms with Gasteiger partial charge in [-0.2, -0.15) is 0 Å². The van der Waals surface area contributed by atoms with Crippen LogP contribution < -0.4 is 26.2 Å². The molecule has 10 heteroatoms. The number of aromatic nitrogens is 2. The van der Waals surface area contributed by atoms with Crippen LogP contribution in [0, 0.1) is 0 Å². The highest BCUT2D eigenvalue weighted by molar-refractivity contribution is 7.99. The number of thioether (sulfide) groups is 1. The first-order valence-electron chi connectivity index (χ1n) is 10.7. The summed E-state index contributed by atoms with van der Waals surface area (Å²) in [5.41, 5.74) is 2.47. The van der Waals surface area contributed by atoms with Gasteiger partial charge < -0.3 is 20.6 Å². The van der Waals surface area contributed by atoms with Crippen molar-refractivity contribution in [3.8, 4) is 22.6 Å². The molecule has 0 spiro atoms. The number of nitrogens with zero attached hydrogens (tertiary/aromatic N) is 2. The van der Waals surface area contributed by atoms with Gasteiger partial charge in [0.1, 0.15) is 18.0 Å². The zero-order valence-electron chi connectivity index (χ0n) is 18.2. The second-order valence-corrected chi connectivity index (χ2v) is 9.43. The number of hydrogen-bond donors (Lipinski definition) is 2. The predicted octanol–water partition coefficient (Wildman–Crippen LogP) is 3.06. The molecule has 0 saturated carbocycles. The van der Waals surface area contributed by atoms with Crippen LogP contribution in [0.2, 0.25) is 0 Å². The molecule has 3 N–H and O–H groups in total. The van der Waals surface area contributed by atoms with Crippen molar-refractivity contribution in [2.24, 2.45) is 0 Å². The van der Waals surface area contributed by atoms with Crippen molar-refractivity contribution in [2.75, 3.05) is 31.4 Å². The van der Waals surface area contributed by atoms with Crippen molar-refractivity contribution in [1.82, 2.24) is 15.0 Å². The van der Waals surface area contributed by atoms with Gasteiger partial charge in [-0.25, -0.2) is 9.66 Å². The number of thiophene rings is 1. The van der Waals surface area contributed by atoms with Gasteiger partial charge in [-0.1, -0.05) is 48.2 Å². The minimum atomic E-state index is -0.327. The average molecular weight is 495 g/mol. The molecule has 1 aliphatic heterocycles. The van der Waals surface area contributed by atoms with E-state index in [1.165, 1.54) is 11.3 Å². The monoisotopic (exact) mass is 494 g/mol. The molecule has 0 atom stereocenters. The van der Waals surface area contributed by atoms with Gasteiger partial charge in [-0.05, 0) is 29.7 Å². The van der Waals surface area contributed by atoms with Gasteiger partial charge in [-0.3, -0.25) is 9.59 Å². The molecule has 0 unspecified atom stereocenters. The normalized spacial score (nSPS) is 12.6. The summed E-state index contributed by atoms with van der Waals surface area (Å²) in [4.78, 5) is 30.4. The number of amides is 1. The molecule has 174 valence electrons. The third-order valence-electron chi connectivity index (χ3n) is 5.37. The summed E-state index contributed by atoms with van der Waals surface area (Å²) in [5, 5.41) is 5.60. The molecule has 8 nitrogen and oxygen atoms in total. The fraction of sp³-hybridized carbons (Fsp3) is 0.208. The summed E-state index contributed by atoms with van der Waals surface area (Å²) in [5.74, 6) is 7.47. The zero-order valence-corrected chi connectivity index (χ0v) is 19.8. The third-order valence-corrected chi connectivity index (χ3v) is 7.19. The number of ether oxygens (including phenoxy) is 2. The van der Waals surface area contributed by atoms with Crippen molar-refractivity contribution in [1.29, 1.82) is 0 Å². The Labute approximate surface area is 203 Å². The van der Waals surface area contributed by atoms with E-state index in [2.05, 4.69) is 10.3 Å². The SMILES string of the molecule is Nn1c(SCC(=O)NCCc2ccc3c(c2)OCCO3)nc2scc(-c3ccccc3)c2c1=O. The lowest BCUT2D eigenvalue weighted by molar-refractivity contribution is -0.118. The van der Waals surface area contributed by atoms with Gasteiger partial charge in [0.25, 0.3) is 5.56 Å². The fourth-order valence-electron chi connectivity index (χ4n) is 3.69. The van der Waals surface area contributed by atoms with E-state index in [9.17, 15) is 9.59 Å². The molecule has 0 saturated heterocycles. The van der Waals surface area contributed by atoms with Gasteiger partial charge >= 0.3 is 0 Å². The van der Waals surface area contributed by atoms with Crippen LogP contribution in [-0.4, -0.2) is 41.1 Å². The lowest BCUT2D eigenvalue weighted by Gasteiger charge is -2.18. The van der Waals surface area contributed by atoms with E-state index in [0.717, 1.165) is 44.6 Å². The largest absolute Gasteiger partial charge is 0.486 e. The molecule has 1 amide bonds. The number of benzene rings is 2. The van der Waals surface area contributed by atoms with Gasteiger partial charge in [0.05, 0.1) is 11.1 Å². The molecule has 3 heterocycles. The van der Waals surface area contributed by atoms with Gasteiger partial charge in [0.15, 0.2) is 16.7 Å². The van der Waals surface area contributed by atoms with Gasteiger partial charge in [0, 0.05) is 17.5 Å². The quantitative estimate of drug-likeness (QED) is 0.231. The Bertz CT molecular complexity index is 1400. The molecule has 0 aliphatic carbocycles. The van der Waals surface area contributed by atoms with Crippen LogP contribution in [0.1, 0.15) is 5.56 Å². The number of rotatable bonds is 7. The van der Waals surface area contributed by atoms with Crippen LogP contribution >= 0.6 is 23.1 Å². The molecular formula is C24H22N4O4S2. The highest BCUT2D eigenvalue weighted by Crippen LogP contribution is 2.32. The Hall–Kier alpha value is -3.50. The zero-order chi connectivity index (χ0) is 23.5. The molecule has 2 aromatic carbocycles. The Kier molecular flexibility index (Phi) is 6.41. The number of fused-ring (bicyclic) bond motifs is 2. The van der Waals surface area contributed by atoms with Gasteiger partial charge in [0.2, 0.25) is 5.91 Å². The highest BCUT2D eigenvalue weighted by Gasteiger charge is 2.17. The Morgan fingerprint density at radius 1 is 1.15 bits per heavy atom. The lowest BCUT2D eigenvalue weighted by Crippen LogP contribution is -2.31. The molecule has 34 heavy (non-hydrogen) atoms. The first-order valence-corrected chi connectivity index (χ1v) is 12.6. The number of carbonyl (C=O) groups excluding carboxylic acids is 1. The first kappa shape index (κ1) is 22.3. The summed E-state index contributed by atoms with van der Waals surface area (Å²) in [6, 6.07) is 15.4. The van der Waals surface area contributed by atoms with E-state index in [1.54, 1.807) is 0 Å². The number of nitrogens with two attached hydrogens (primary N) is 1. The minimum absolute atomic E-state index is 0.104. The minimum Gasteiger partial charge on any atom is -0.486 e. The van der Waals surface area contributed by atoms with Crippen molar-refractivity contribution in [3.05, 3.63) is 69.8 Å². The van der Waals surface area contributed by atoms with Crippen molar-refractivity contribution >= 4 is 39.2 Å². The maximum Gasteiger partial charge on any atom is 0.282 e. The van der Waals surface area contributed by atoms with Crippen molar-refractivity contribution < 1.29 is 14.3 Å². The Morgan fingerprint density at radius 2 is 1.94 bits per heavy atom. The summed E-state index contributed by atoms with van der Waals surface area (Å²) in [6.45, 7) is 1.57. The topological polar surface area (TPSA) is 108 Å². The van der Waals surface area contributed by atoms with Crippen molar-refractivity contribution in [3.63, 3.8) is 0 Å². The standard InChI is InChI=1S/C24H22N4O4S2/c25-28-23(30)21-17(16-4-2-1-3-5-16)13-33-22(21)27-24(28)34-14-20(29)26-9-8-15-6-7-18-19(12-15)32-11-10-31-18/h1-7,12-13H,8-11,14,25H2,(H,26,29). The summed E-state index contributed by atoms with van der Waals surface area (Å²) < 4.78 is 12.1. The van der Waals surface area contributed by atoms with E-state index in [4.69, 9.17) is 15.3 Å². The smallest absolute Gasteiger partial charge is 0.282 e. The van der Waals surface area contributed by atoms with Crippen LogP contribution in [-0.2, 0) is 11.2 Å². The Morgan fingerprint density at radius 3 is 2.76 bits per heavy atom.